The minimum absolute atomic E-state index is 0.00670. The van der Waals surface area contributed by atoms with E-state index in [4.69, 9.17) is 0 Å². The van der Waals surface area contributed by atoms with Crippen molar-refractivity contribution in [2.75, 3.05) is 7.11 Å². The Bertz CT molecular complexity index is 646. The lowest BCUT2D eigenvalue weighted by atomic mass is 10.0. The number of carbonyl (C=O) groups excluding carboxylic acids is 1. The summed E-state index contributed by atoms with van der Waals surface area (Å²) in [6, 6.07) is 3.96. The van der Waals surface area contributed by atoms with Crippen LogP contribution < -0.4 is 0 Å². The van der Waals surface area contributed by atoms with Crippen LogP contribution >= 0.6 is 0 Å². The van der Waals surface area contributed by atoms with Gasteiger partial charge in [-0.1, -0.05) is 6.07 Å². The summed E-state index contributed by atoms with van der Waals surface area (Å²) in [5.41, 5.74) is -1.10. The molecule has 0 bridgehead atoms. The standard InChI is InChI=1S/C13H9F4NO2/c1-20-12(19)11-8(4-5-18-11)7-2-3-10(14)9(6-7)13(15,16)17/h2-6,18H,1H3. The largest absolute Gasteiger partial charge is 0.464 e. The van der Waals surface area contributed by atoms with Gasteiger partial charge in [0.25, 0.3) is 0 Å². The molecular formula is C13H9F4NO2. The van der Waals surface area contributed by atoms with Crippen LogP contribution in [0.3, 0.4) is 0 Å². The highest BCUT2D eigenvalue weighted by molar-refractivity contribution is 5.95. The summed E-state index contributed by atoms with van der Waals surface area (Å²) >= 11 is 0. The van der Waals surface area contributed by atoms with Crippen molar-refractivity contribution < 1.29 is 27.1 Å². The average Bonchev–Trinajstić information content (AvgIpc) is 2.86. The lowest BCUT2D eigenvalue weighted by Crippen LogP contribution is -2.08. The molecule has 0 aliphatic heterocycles. The Balaban J connectivity index is 2.55. The van der Waals surface area contributed by atoms with Crippen molar-refractivity contribution in [1.82, 2.24) is 4.98 Å². The van der Waals surface area contributed by atoms with Gasteiger partial charge in [0.05, 0.1) is 12.7 Å². The normalized spacial score (nSPS) is 11.4. The van der Waals surface area contributed by atoms with Crippen LogP contribution in [0.4, 0.5) is 17.6 Å². The van der Waals surface area contributed by atoms with Gasteiger partial charge in [0.1, 0.15) is 11.5 Å². The number of ether oxygens (including phenoxy) is 1. The van der Waals surface area contributed by atoms with Crippen molar-refractivity contribution in [1.29, 1.82) is 0 Å². The number of aromatic nitrogens is 1. The highest BCUT2D eigenvalue weighted by Crippen LogP contribution is 2.35. The summed E-state index contributed by atoms with van der Waals surface area (Å²) in [6.45, 7) is 0. The molecule has 0 spiro atoms. The van der Waals surface area contributed by atoms with Gasteiger partial charge in [0, 0.05) is 11.8 Å². The van der Waals surface area contributed by atoms with Gasteiger partial charge in [0.2, 0.25) is 0 Å². The number of rotatable bonds is 2. The summed E-state index contributed by atoms with van der Waals surface area (Å²) in [7, 11) is 1.15. The number of hydrogen-bond acceptors (Lipinski definition) is 2. The molecular weight excluding hydrogens is 278 g/mol. The van der Waals surface area contributed by atoms with Gasteiger partial charge in [-0.25, -0.2) is 9.18 Å². The summed E-state index contributed by atoms with van der Waals surface area (Å²) in [5.74, 6) is -2.08. The molecule has 0 amide bonds. The van der Waals surface area contributed by atoms with Crippen molar-refractivity contribution in [3.8, 4) is 11.1 Å². The number of hydrogen-bond donors (Lipinski definition) is 1. The Labute approximate surface area is 111 Å². The lowest BCUT2D eigenvalue weighted by molar-refractivity contribution is -0.139. The number of methoxy groups -OCH3 is 1. The number of alkyl halides is 3. The molecule has 0 radical (unpaired) electrons. The molecule has 0 fully saturated rings. The molecule has 106 valence electrons. The predicted octanol–water partition coefficient (Wildman–Crippen LogP) is 3.63. The van der Waals surface area contributed by atoms with E-state index in [9.17, 15) is 22.4 Å². The fourth-order valence-electron chi connectivity index (χ4n) is 1.79. The Morgan fingerprint density at radius 1 is 1.25 bits per heavy atom. The first-order chi connectivity index (χ1) is 9.34. The number of H-pyrrole nitrogens is 1. The van der Waals surface area contributed by atoms with Crippen molar-refractivity contribution in [2.45, 2.75) is 6.18 Å². The summed E-state index contributed by atoms with van der Waals surface area (Å²) in [5, 5.41) is 0. The number of aromatic amines is 1. The van der Waals surface area contributed by atoms with Crippen molar-refractivity contribution in [3.05, 3.63) is 47.5 Å². The highest BCUT2D eigenvalue weighted by Gasteiger charge is 2.34. The van der Waals surface area contributed by atoms with E-state index in [1.165, 1.54) is 18.3 Å². The molecule has 20 heavy (non-hydrogen) atoms. The zero-order valence-corrected chi connectivity index (χ0v) is 10.2. The van der Waals surface area contributed by atoms with Gasteiger partial charge in [-0.05, 0) is 23.8 Å². The van der Waals surface area contributed by atoms with Crippen molar-refractivity contribution >= 4 is 5.97 Å². The summed E-state index contributed by atoms with van der Waals surface area (Å²) in [6.07, 6.45) is -3.42. The second kappa shape index (κ2) is 4.99. The minimum Gasteiger partial charge on any atom is -0.464 e. The van der Waals surface area contributed by atoms with Crippen LogP contribution in [0.2, 0.25) is 0 Å². The highest BCUT2D eigenvalue weighted by atomic mass is 19.4. The molecule has 2 rings (SSSR count). The maximum atomic E-state index is 13.2. The van der Waals surface area contributed by atoms with Gasteiger partial charge in [0.15, 0.2) is 0 Å². The van der Waals surface area contributed by atoms with E-state index < -0.39 is 23.5 Å². The minimum atomic E-state index is -4.80. The first kappa shape index (κ1) is 14.1. The quantitative estimate of drug-likeness (QED) is 0.677. The molecule has 0 unspecified atom stereocenters. The number of nitrogens with one attached hydrogen (secondary N) is 1. The van der Waals surface area contributed by atoms with Crippen LogP contribution in [-0.2, 0) is 10.9 Å². The first-order valence-corrected chi connectivity index (χ1v) is 5.47. The van der Waals surface area contributed by atoms with Gasteiger partial charge in [-0.15, -0.1) is 0 Å². The maximum absolute atomic E-state index is 13.2. The van der Waals surface area contributed by atoms with Crippen LogP contribution in [0.5, 0.6) is 0 Å². The topological polar surface area (TPSA) is 42.1 Å². The van der Waals surface area contributed by atoms with E-state index in [0.717, 1.165) is 7.11 Å². The summed E-state index contributed by atoms with van der Waals surface area (Å²) in [4.78, 5) is 14.0. The third-order valence-electron chi connectivity index (χ3n) is 2.72. The van der Waals surface area contributed by atoms with Gasteiger partial charge < -0.3 is 9.72 Å². The summed E-state index contributed by atoms with van der Waals surface area (Å²) < 4.78 is 55.7. The van der Waals surface area contributed by atoms with E-state index >= 15 is 0 Å². The molecule has 0 saturated carbocycles. The van der Waals surface area contributed by atoms with E-state index in [1.54, 1.807) is 0 Å². The van der Waals surface area contributed by atoms with E-state index in [-0.39, 0.29) is 16.8 Å². The zero-order valence-electron chi connectivity index (χ0n) is 10.2. The van der Waals surface area contributed by atoms with Crippen molar-refractivity contribution in [2.24, 2.45) is 0 Å². The SMILES string of the molecule is COC(=O)c1[nH]ccc1-c1ccc(F)c(C(F)(F)F)c1. The molecule has 1 heterocycles. The monoisotopic (exact) mass is 287 g/mol. The molecule has 0 saturated heterocycles. The van der Waals surface area contributed by atoms with Crippen molar-refractivity contribution in [3.63, 3.8) is 0 Å². The first-order valence-electron chi connectivity index (χ1n) is 5.47. The molecule has 1 N–H and O–H groups in total. The maximum Gasteiger partial charge on any atom is 0.419 e. The van der Waals surface area contributed by atoms with Gasteiger partial charge >= 0.3 is 12.1 Å². The molecule has 0 aliphatic rings. The van der Waals surface area contributed by atoms with Crippen LogP contribution in [-0.4, -0.2) is 18.1 Å². The van der Waals surface area contributed by atoms with E-state index in [1.807, 2.05) is 0 Å². The van der Waals surface area contributed by atoms with Crippen LogP contribution in [0.15, 0.2) is 30.5 Å². The van der Waals surface area contributed by atoms with Gasteiger partial charge in [-0.3, -0.25) is 0 Å². The lowest BCUT2D eigenvalue weighted by Gasteiger charge is -2.10. The van der Waals surface area contributed by atoms with E-state index in [0.29, 0.717) is 12.1 Å². The van der Waals surface area contributed by atoms with Crippen LogP contribution in [0.25, 0.3) is 11.1 Å². The fraction of sp³-hybridized carbons (Fsp3) is 0.154. The van der Waals surface area contributed by atoms with Crippen LogP contribution in [0.1, 0.15) is 16.1 Å². The molecule has 1 aromatic carbocycles. The average molecular weight is 287 g/mol. The Morgan fingerprint density at radius 3 is 2.55 bits per heavy atom. The third-order valence-corrected chi connectivity index (χ3v) is 2.72. The Morgan fingerprint density at radius 2 is 1.95 bits per heavy atom. The molecule has 2 aromatic rings. The predicted molar refractivity (Wildman–Crippen MR) is 62.5 cm³/mol. The zero-order chi connectivity index (χ0) is 14.9. The number of benzene rings is 1. The smallest absolute Gasteiger partial charge is 0.419 e. The van der Waals surface area contributed by atoms with E-state index in [2.05, 4.69) is 9.72 Å². The fourth-order valence-corrected chi connectivity index (χ4v) is 1.79. The number of carbonyl (C=O) groups is 1. The molecule has 0 aliphatic carbocycles. The van der Waals surface area contributed by atoms with Crippen LogP contribution in [0, 0.1) is 5.82 Å². The molecule has 0 atom stereocenters. The second-order valence-electron chi connectivity index (χ2n) is 3.95. The Kier molecular flexibility index (Phi) is 3.52. The molecule has 3 nitrogen and oxygen atoms in total. The number of esters is 1. The van der Waals surface area contributed by atoms with Gasteiger partial charge in [-0.2, -0.15) is 13.2 Å². The molecule has 7 heteroatoms. The Hall–Kier alpha value is -2.31. The number of halogens is 4. The third kappa shape index (κ3) is 2.52. The molecule has 1 aromatic heterocycles. The second-order valence-corrected chi connectivity index (χ2v) is 3.95.